The molecule has 2 heterocycles. The normalized spacial score (nSPS) is 11.5. The zero-order valence-corrected chi connectivity index (χ0v) is 16.1. The molecule has 0 amide bonds. The molecule has 0 radical (unpaired) electrons. The van der Waals surface area contributed by atoms with Gasteiger partial charge in [0.1, 0.15) is 10.8 Å². The van der Waals surface area contributed by atoms with E-state index in [0.29, 0.717) is 35.5 Å². The van der Waals surface area contributed by atoms with Crippen LogP contribution in [-0.4, -0.2) is 36.1 Å². The first-order chi connectivity index (χ1) is 11.5. The van der Waals surface area contributed by atoms with Crippen molar-refractivity contribution in [3.05, 3.63) is 37.9 Å². The first-order valence-corrected chi connectivity index (χ1v) is 8.99. The molecule has 2 rings (SSSR count). The molecule has 6 nitrogen and oxygen atoms in total. The van der Waals surface area contributed by atoms with Crippen molar-refractivity contribution in [2.24, 2.45) is 4.99 Å². The number of aliphatic imine (C=N–C) groups is 1. The molecule has 0 bridgehead atoms. The summed E-state index contributed by atoms with van der Waals surface area (Å²) in [5, 5.41) is 11.7. The van der Waals surface area contributed by atoms with Crippen LogP contribution < -0.4 is 16.0 Å². The predicted octanol–water partition coefficient (Wildman–Crippen LogP) is 3.24. The van der Waals surface area contributed by atoms with Crippen molar-refractivity contribution in [3.63, 3.8) is 0 Å². The molecule has 2 aromatic rings. The van der Waals surface area contributed by atoms with Crippen LogP contribution in [0, 0.1) is 13.8 Å². The summed E-state index contributed by atoms with van der Waals surface area (Å²) in [6.45, 7) is 6.05. The molecular formula is C15H20Cl2N6S. The number of guanidine groups is 1. The number of pyridine rings is 1. The zero-order valence-electron chi connectivity index (χ0n) is 13.8. The molecule has 0 aliphatic carbocycles. The molecule has 3 N–H and O–H groups in total. The van der Waals surface area contributed by atoms with Crippen molar-refractivity contribution >= 4 is 46.3 Å². The van der Waals surface area contributed by atoms with Crippen LogP contribution in [0.25, 0.3) is 0 Å². The molecule has 0 aliphatic rings. The summed E-state index contributed by atoms with van der Waals surface area (Å²) >= 11 is 13.6. The van der Waals surface area contributed by atoms with E-state index in [1.54, 1.807) is 30.6 Å². The van der Waals surface area contributed by atoms with Crippen molar-refractivity contribution in [2.75, 3.05) is 25.5 Å². The Labute approximate surface area is 155 Å². The monoisotopic (exact) mass is 386 g/mol. The van der Waals surface area contributed by atoms with Gasteiger partial charge in [0.2, 0.25) is 0 Å². The highest BCUT2D eigenvalue weighted by molar-refractivity contribution is 7.11. The van der Waals surface area contributed by atoms with Crippen molar-refractivity contribution in [1.82, 2.24) is 20.6 Å². The second kappa shape index (κ2) is 9.05. The summed E-state index contributed by atoms with van der Waals surface area (Å²) in [5.74, 6) is 1.33. The lowest BCUT2D eigenvalue weighted by Gasteiger charge is -2.12. The second-order valence-electron chi connectivity index (χ2n) is 5.01. The van der Waals surface area contributed by atoms with E-state index in [2.05, 4.69) is 37.8 Å². The number of hydrogen-bond donors (Lipinski definition) is 3. The van der Waals surface area contributed by atoms with E-state index in [9.17, 15) is 0 Å². The summed E-state index contributed by atoms with van der Waals surface area (Å²) in [5.41, 5.74) is 1.08. The fourth-order valence-electron chi connectivity index (χ4n) is 1.90. The van der Waals surface area contributed by atoms with Crippen LogP contribution in [-0.2, 0) is 6.54 Å². The molecule has 0 fully saturated rings. The van der Waals surface area contributed by atoms with Gasteiger partial charge in [-0.3, -0.25) is 4.99 Å². The van der Waals surface area contributed by atoms with Gasteiger partial charge in [0.25, 0.3) is 0 Å². The number of nitrogens with one attached hydrogen (secondary N) is 3. The maximum absolute atomic E-state index is 6.06. The lowest BCUT2D eigenvalue weighted by atomic mass is 10.4. The smallest absolute Gasteiger partial charge is 0.191 e. The first kappa shape index (κ1) is 18.8. The number of hydrogen-bond acceptors (Lipinski definition) is 5. The Morgan fingerprint density at radius 3 is 2.67 bits per heavy atom. The van der Waals surface area contributed by atoms with Gasteiger partial charge in [0, 0.05) is 31.2 Å². The molecule has 0 saturated carbocycles. The van der Waals surface area contributed by atoms with Gasteiger partial charge in [0.15, 0.2) is 5.96 Å². The van der Waals surface area contributed by atoms with Crippen LogP contribution >= 0.6 is 34.5 Å². The minimum absolute atomic E-state index is 0.500. The van der Waals surface area contributed by atoms with Gasteiger partial charge in [0.05, 0.1) is 22.3 Å². The fraction of sp³-hybridized carbons (Fsp3) is 0.400. The molecule has 0 atom stereocenters. The fourth-order valence-corrected chi connectivity index (χ4v) is 3.22. The Bertz CT molecular complexity index is 696. The maximum atomic E-state index is 6.06. The van der Waals surface area contributed by atoms with Gasteiger partial charge >= 0.3 is 0 Å². The highest BCUT2D eigenvalue weighted by Crippen LogP contribution is 2.22. The highest BCUT2D eigenvalue weighted by atomic mass is 35.5. The van der Waals surface area contributed by atoms with Crippen LogP contribution in [0.2, 0.25) is 10.0 Å². The lowest BCUT2D eigenvalue weighted by molar-refractivity contribution is 0.806. The van der Waals surface area contributed by atoms with E-state index in [1.165, 1.54) is 4.88 Å². The molecule has 2 aromatic heterocycles. The molecule has 0 aromatic carbocycles. The largest absolute Gasteiger partial charge is 0.367 e. The lowest BCUT2D eigenvalue weighted by Crippen LogP contribution is -2.39. The number of thiazole rings is 1. The summed E-state index contributed by atoms with van der Waals surface area (Å²) < 4.78 is 0. The summed E-state index contributed by atoms with van der Waals surface area (Å²) in [6.07, 6.45) is 1.56. The van der Waals surface area contributed by atoms with Crippen molar-refractivity contribution in [2.45, 2.75) is 20.4 Å². The van der Waals surface area contributed by atoms with E-state index < -0.39 is 0 Å². The van der Waals surface area contributed by atoms with E-state index in [1.807, 2.05) is 6.92 Å². The van der Waals surface area contributed by atoms with Gasteiger partial charge < -0.3 is 16.0 Å². The second-order valence-corrected chi connectivity index (χ2v) is 7.14. The SMILES string of the molecule is CN=C(NCCNc1ncc(Cl)cc1Cl)NCc1nc(C)c(C)s1. The zero-order chi connectivity index (χ0) is 17.5. The quantitative estimate of drug-likeness (QED) is 0.403. The Kier molecular flexibility index (Phi) is 7.08. The molecule has 0 aliphatic heterocycles. The molecule has 24 heavy (non-hydrogen) atoms. The number of halogens is 2. The number of anilines is 1. The van der Waals surface area contributed by atoms with Crippen LogP contribution in [0.1, 0.15) is 15.6 Å². The molecule has 0 unspecified atom stereocenters. The third-order valence-corrected chi connectivity index (χ3v) is 4.79. The van der Waals surface area contributed by atoms with Gasteiger partial charge in [-0.1, -0.05) is 23.2 Å². The van der Waals surface area contributed by atoms with Crippen LogP contribution in [0.4, 0.5) is 5.82 Å². The van der Waals surface area contributed by atoms with Gasteiger partial charge in [-0.15, -0.1) is 11.3 Å². The van der Waals surface area contributed by atoms with Gasteiger partial charge in [-0.05, 0) is 19.9 Å². The summed E-state index contributed by atoms with van der Waals surface area (Å²) in [4.78, 5) is 14.1. The van der Waals surface area contributed by atoms with Gasteiger partial charge in [-0.25, -0.2) is 9.97 Å². The third kappa shape index (κ3) is 5.51. The summed E-state index contributed by atoms with van der Waals surface area (Å²) in [6, 6.07) is 1.66. The average Bonchev–Trinajstić information content (AvgIpc) is 2.86. The molecule has 0 saturated heterocycles. The molecule has 9 heteroatoms. The number of aromatic nitrogens is 2. The summed E-state index contributed by atoms with van der Waals surface area (Å²) in [7, 11) is 1.73. The van der Waals surface area contributed by atoms with Crippen LogP contribution in [0.3, 0.4) is 0 Å². The molecule has 130 valence electrons. The third-order valence-electron chi connectivity index (χ3n) is 3.22. The number of rotatable bonds is 6. The van der Waals surface area contributed by atoms with Crippen molar-refractivity contribution in [3.8, 4) is 0 Å². The standard InChI is InChI=1S/C15H20Cl2N6S/c1-9-10(2)24-13(23-9)8-22-15(18-3)20-5-4-19-14-12(17)6-11(16)7-21-14/h6-7H,4-5,8H2,1-3H3,(H,19,21)(H2,18,20,22). The number of aryl methyl sites for hydroxylation is 2. The minimum Gasteiger partial charge on any atom is -0.367 e. The Morgan fingerprint density at radius 2 is 2.04 bits per heavy atom. The minimum atomic E-state index is 0.500. The predicted molar refractivity (Wildman–Crippen MR) is 103 cm³/mol. The average molecular weight is 387 g/mol. The van der Waals surface area contributed by atoms with Crippen LogP contribution in [0.15, 0.2) is 17.3 Å². The van der Waals surface area contributed by atoms with E-state index in [4.69, 9.17) is 23.2 Å². The van der Waals surface area contributed by atoms with E-state index >= 15 is 0 Å². The van der Waals surface area contributed by atoms with Crippen molar-refractivity contribution < 1.29 is 0 Å². The van der Waals surface area contributed by atoms with Crippen molar-refractivity contribution in [1.29, 1.82) is 0 Å². The highest BCUT2D eigenvalue weighted by Gasteiger charge is 2.05. The molecular weight excluding hydrogens is 367 g/mol. The maximum Gasteiger partial charge on any atom is 0.191 e. The van der Waals surface area contributed by atoms with E-state index in [-0.39, 0.29) is 0 Å². The Balaban J connectivity index is 1.73. The Morgan fingerprint density at radius 1 is 1.25 bits per heavy atom. The van der Waals surface area contributed by atoms with Gasteiger partial charge in [-0.2, -0.15) is 0 Å². The first-order valence-electron chi connectivity index (χ1n) is 7.42. The number of nitrogens with zero attached hydrogens (tertiary/aromatic N) is 3. The van der Waals surface area contributed by atoms with Crippen LogP contribution in [0.5, 0.6) is 0 Å². The van der Waals surface area contributed by atoms with E-state index in [0.717, 1.165) is 16.7 Å². The topological polar surface area (TPSA) is 74.2 Å². The molecule has 0 spiro atoms. The Hall–Kier alpha value is -1.57.